The van der Waals surface area contributed by atoms with Gasteiger partial charge in [-0.1, -0.05) is 6.92 Å². The van der Waals surface area contributed by atoms with Gasteiger partial charge in [-0.3, -0.25) is 14.4 Å². The van der Waals surface area contributed by atoms with Crippen LogP contribution in [0.1, 0.15) is 26.2 Å². The maximum atomic E-state index is 11.7. The lowest BCUT2D eigenvalue weighted by Gasteiger charge is -2.21. The fourth-order valence-electron chi connectivity index (χ4n) is 2.65. The molecule has 4 nitrogen and oxygen atoms in total. The number of hydrogen-bond donors (Lipinski definition) is 0. The second-order valence-electron chi connectivity index (χ2n) is 4.51. The molecule has 2 aliphatic carbocycles. The van der Waals surface area contributed by atoms with E-state index in [0.717, 1.165) is 0 Å². The van der Waals surface area contributed by atoms with E-state index in [1.807, 2.05) is 0 Å². The Kier molecular flexibility index (Phi) is 1.63. The van der Waals surface area contributed by atoms with Crippen molar-refractivity contribution in [2.24, 2.45) is 10.8 Å². The van der Waals surface area contributed by atoms with E-state index in [1.165, 1.54) is 7.11 Å². The van der Waals surface area contributed by atoms with Crippen LogP contribution in [0.5, 0.6) is 0 Å². The van der Waals surface area contributed by atoms with Crippen LogP contribution in [0, 0.1) is 10.8 Å². The first-order chi connectivity index (χ1) is 6.44. The highest BCUT2D eigenvalue weighted by molar-refractivity contribution is 6.15. The van der Waals surface area contributed by atoms with Crippen LogP contribution in [0.3, 0.4) is 0 Å². The first-order valence-corrected chi connectivity index (χ1v) is 4.60. The van der Waals surface area contributed by atoms with Gasteiger partial charge >= 0.3 is 5.97 Å². The molecule has 2 rings (SSSR count). The van der Waals surface area contributed by atoms with Crippen LogP contribution in [-0.2, 0) is 19.1 Å². The second-order valence-corrected chi connectivity index (χ2v) is 4.51. The van der Waals surface area contributed by atoms with Crippen molar-refractivity contribution >= 4 is 17.5 Å². The molecule has 0 aromatic carbocycles. The molecule has 76 valence electrons. The molecule has 2 aliphatic rings. The summed E-state index contributed by atoms with van der Waals surface area (Å²) in [5.74, 6) is -0.661. The fraction of sp³-hybridized carbons (Fsp3) is 0.700. The van der Waals surface area contributed by atoms with Crippen LogP contribution in [0.2, 0.25) is 0 Å². The van der Waals surface area contributed by atoms with Gasteiger partial charge in [-0.15, -0.1) is 0 Å². The van der Waals surface area contributed by atoms with Crippen LogP contribution in [-0.4, -0.2) is 24.6 Å². The summed E-state index contributed by atoms with van der Waals surface area (Å²) in [6.45, 7) is 1.75. The van der Waals surface area contributed by atoms with Crippen LogP contribution >= 0.6 is 0 Å². The molecule has 4 heteroatoms. The van der Waals surface area contributed by atoms with Crippen molar-refractivity contribution in [3.63, 3.8) is 0 Å². The van der Waals surface area contributed by atoms with Crippen LogP contribution in [0.15, 0.2) is 0 Å². The van der Waals surface area contributed by atoms with E-state index < -0.39 is 16.8 Å². The zero-order valence-corrected chi connectivity index (χ0v) is 8.25. The molecule has 2 bridgehead atoms. The topological polar surface area (TPSA) is 60.4 Å². The Balaban J connectivity index is 2.43. The number of Topliss-reactive ketones (excluding diaryl/α,β-unsaturated/α-hetero) is 2. The molecule has 0 radical (unpaired) electrons. The Bertz CT molecular complexity index is 336. The summed E-state index contributed by atoms with van der Waals surface area (Å²) in [6, 6.07) is 0. The molecule has 0 aliphatic heterocycles. The van der Waals surface area contributed by atoms with Crippen LogP contribution < -0.4 is 0 Å². The molecule has 2 atom stereocenters. The number of carbonyl (C=O) groups is 3. The summed E-state index contributed by atoms with van der Waals surface area (Å²) in [7, 11) is 1.25. The number of rotatable bonds is 1. The molecule has 2 fully saturated rings. The average molecular weight is 196 g/mol. The van der Waals surface area contributed by atoms with Gasteiger partial charge in [0.25, 0.3) is 0 Å². The highest BCUT2D eigenvalue weighted by atomic mass is 16.5. The van der Waals surface area contributed by atoms with Crippen molar-refractivity contribution in [1.82, 2.24) is 0 Å². The van der Waals surface area contributed by atoms with Gasteiger partial charge in [0.1, 0.15) is 11.2 Å². The Hall–Kier alpha value is -1.19. The summed E-state index contributed by atoms with van der Waals surface area (Å²) in [5.41, 5.74) is -1.74. The number of ketones is 2. The quantitative estimate of drug-likeness (QED) is 0.452. The largest absolute Gasteiger partial charge is 0.468 e. The minimum absolute atomic E-state index is 0.0162. The van der Waals surface area contributed by atoms with Gasteiger partial charge in [-0.2, -0.15) is 0 Å². The maximum Gasteiger partial charge on any atom is 0.319 e. The minimum atomic E-state index is -1.14. The third-order valence-corrected chi connectivity index (χ3v) is 3.49. The van der Waals surface area contributed by atoms with Crippen molar-refractivity contribution < 1.29 is 19.1 Å². The van der Waals surface area contributed by atoms with Crippen LogP contribution in [0.4, 0.5) is 0 Å². The Morgan fingerprint density at radius 1 is 1.29 bits per heavy atom. The summed E-state index contributed by atoms with van der Waals surface area (Å²) >= 11 is 0. The maximum absolute atomic E-state index is 11.7. The minimum Gasteiger partial charge on any atom is -0.468 e. The molecule has 0 heterocycles. The summed E-state index contributed by atoms with van der Waals surface area (Å²) < 4.78 is 4.61. The zero-order chi connectivity index (χ0) is 10.6. The van der Waals surface area contributed by atoms with Gasteiger partial charge in [0.2, 0.25) is 0 Å². The first kappa shape index (κ1) is 9.37. The van der Waals surface area contributed by atoms with Crippen LogP contribution in [0.25, 0.3) is 0 Å². The number of fused-ring (bicyclic) bond motifs is 2. The Labute approximate surface area is 81.6 Å². The summed E-state index contributed by atoms with van der Waals surface area (Å²) in [4.78, 5) is 34.7. The van der Waals surface area contributed by atoms with Gasteiger partial charge < -0.3 is 4.74 Å². The van der Waals surface area contributed by atoms with Gasteiger partial charge in [-0.25, -0.2) is 0 Å². The molecule has 0 saturated heterocycles. The van der Waals surface area contributed by atoms with E-state index in [2.05, 4.69) is 4.74 Å². The molecule has 0 amide bonds. The molecule has 0 N–H and O–H groups in total. The molecule has 0 unspecified atom stereocenters. The standard InChI is InChI=1S/C10H12O4/c1-9-3-7(12)10(5-9,4-6(9)11)8(13)14-2/h3-5H2,1-2H3/t9-,10+/m0/s1. The van der Waals surface area contributed by atoms with E-state index in [-0.39, 0.29) is 24.4 Å². The van der Waals surface area contributed by atoms with E-state index in [9.17, 15) is 14.4 Å². The SMILES string of the molecule is COC(=O)[C@@]12CC(=O)[C@@](C)(CC1=O)C2. The second kappa shape index (κ2) is 2.43. The molecule has 0 aromatic rings. The lowest BCUT2D eigenvalue weighted by atomic mass is 9.81. The van der Waals surface area contributed by atoms with E-state index in [1.54, 1.807) is 6.92 Å². The lowest BCUT2D eigenvalue weighted by Crippen LogP contribution is -2.38. The molecule has 2 saturated carbocycles. The van der Waals surface area contributed by atoms with E-state index >= 15 is 0 Å². The number of carbonyl (C=O) groups excluding carboxylic acids is 3. The Morgan fingerprint density at radius 2 is 1.93 bits per heavy atom. The average Bonchev–Trinajstić information content (AvgIpc) is 2.52. The summed E-state index contributed by atoms with van der Waals surface area (Å²) in [5, 5.41) is 0. The van der Waals surface area contributed by atoms with E-state index in [4.69, 9.17) is 0 Å². The number of methoxy groups -OCH3 is 1. The Morgan fingerprint density at radius 3 is 2.36 bits per heavy atom. The van der Waals surface area contributed by atoms with E-state index in [0.29, 0.717) is 6.42 Å². The van der Waals surface area contributed by atoms with Crippen molar-refractivity contribution in [3.05, 3.63) is 0 Å². The normalized spacial score (nSPS) is 40.4. The van der Waals surface area contributed by atoms with Crippen molar-refractivity contribution in [1.29, 1.82) is 0 Å². The third-order valence-electron chi connectivity index (χ3n) is 3.49. The monoisotopic (exact) mass is 196 g/mol. The molecular formula is C10H12O4. The number of ether oxygens (including phenoxy) is 1. The number of esters is 1. The molecule has 0 aromatic heterocycles. The van der Waals surface area contributed by atoms with Crippen molar-refractivity contribution in [2.45, 2.75) is 26.2 Å². The summed E-state index contributed by atoms with van der Waals surface area (Å²) in [6.07, 6.45) is 0.570. The van der Waals surface area contributed by atoms with Crippen molar-refractivity contribution in [3.8, 4) is 0 Å². The predicted molar refractivity (Wildman–Crippen MR) is 46.4 cm³/mol. The third kappa shape index (κ3) is 0.859. The lowest BCUT2D eigenvalue weighted by molar-refractivity contribution is -0.157. The smallest absolute Gasteiger partial charge is 0.319 e. The fourth-order valence-corrected chi connectivity index (χ4v) is 2.65. The molecule has 0 spiro atoms. The van der Waals surface area contributed by atoms with Gasteiger partial charge in [0.05, 0.1) is 7.11 Å². The van der Waals surface area contributed by atoms with Gasteiger partial charge in [0, 0.05) is 18.3 Å². The highest BCUT2D eigenvalue weighted by Crippen LogP contribution is 2.57. The van der Waals surface area contributed by atoms with Gasteiger partial charge in [0.15, 0.2) is 5.78 Å². The molecule has 14 heavy (non-hydrogen) atoms. The highest BCUT2D eigenvalue weighted by Gasteiger charge is 2.66. The zero-order valence-electron chi connectivity index (χ0n) is 8.25. The van der Waals surface area contributed by atoms with Crippen molar-refractivity contribution in [2.75, 3.05) is 7.11 Å². The number of hydrogen-bond acceptors (Lipinski definition) is 4. The molecular weight excluding hydrogens is 184 g/mol. The van der Waals surface area contributed by atoms with Gasteiger partial charge in [-0.05, 0) is 6.42 Å². The predicted octanol–water partition coefficient (Wildman–Crippen LogP) is 0.488. The first-order valence-electron chi connectivity index (χ1n) is 4.60.